The topological polar surface area (TPSA) is 88.0 Å². The molecule has 1 aliphatic heterocycles. The number of phenols is 1. The number of ether oxygens (including phenoxy) is 6. The van der Waals surface area contributed by atoms with Crippen LogP contribution < -0.4 is 14.2 Å². The Kier molecular flexibility index (Phi) is 9.41. The monoisotopic (exact) mass is 495 g/mol. The number of aliphatic imine (C=N–C) groups is 1. The molecule has 0 amide bonds. The molecule has 1 heterocycles. The van der Waals surface area contributed by atoms with Crippen LogP contribution in [0.5, 0.6) is 23.0 Å². The Labute approximate surface area is 189 Å². The molecule has 2 aromatic rings. The fourth-order valence-corrected chi connectivity index (χ4v) is 3.20. The summed E-state index contributed by atoms with van der Waals surface area (Å²) in [4.78, 5) is 4.51. The van der Waals surface area contributed by atoms with Crippen LogP contribution in [0.2, 0.25) is 0 Å². The number of halogens is 1. The van der Waals surface area contributed by atoms with Crippen molar-refractivity contribution in [1.29, 1.82) is 0 Å². The molecule has 0 fully saturated rings. The van der Waals surface area contributed by atoms with Gasteiger partial charge in [-0.1, -0.05) is 0 Å². The molecule has 8 nitrogen and oxygen atoms in total. The average molecular weight is 496 g/mol. The molecule has 0 aliphatic carbocycles. The number of aromatic hydroxyl groups is 1. The SMILES string of the molecule is COc1cc(C=Nc2ccc3c(c2)OCCOCCOCCOCCO3)cc(Br)c1O. The van der Waals surface area contributed by atoms with E-state index in [1.807, 2.05) is 12.1 Å². The van der Waals surface area contributed by atoms with Gasteiger partial charge in [0.2, 0.25) is 0 Å². The van der Waals surface area contributed by atoms with Gasteiger partial charge in [0.15, 0.2) is 23.0 Å². The highest BCUT2D eigenvalue weighted by Gasteiger charge is 2.09. The maximum atomic E-state index is 9.95. The highest BCUT2D eigenvalue weighted by molar-refractivity contribution is 9.10. The van der Waals surface area contributed by atoms with Crippen LogP contribution in [0.3, 0.4) is 0 Å². The highest BCUT2D eigenvalue weighted by Crippen LogP contribution is 2.35. The van der Waals surface area contributed by atoms with Gasteiger partial charge in [0.25, 0.3) is 0 Å². The summed E-state index contributed by atoms with van der Waals surface area (Å²) < 4.78 is 33.8. The fraction of sp³-hybridized carbons (Fsp3) is 0.409. The van der Waals surface area contributed by atoms with E-state index in [9.17, 15) is 5.11 Å². The Morgan fingerprint density at radius 1 is 0.871 bits per heavy atom. The molecule has 1 aliphatic rings. The zero-order valence-corrected chi connectivity index (χ0v) is 18.9. The molecule has 0 bridgehead atoms. The molecule has 3 rings (SSSR count). The number of fused-ring (bicyclic) bond motifs is 1. The first-order valence-corrected chi connectivity index (χ1v) is 10.7. The minimum atomic E-state index is 0.0463. The van der Waals surface area contributed by atoms with E-state index in [4.69, 9.17) is 28.4 Å². The predicted octanol–water partition coefficient (Wildman–Crippen LogP) is 3.73. The molecule has 0 saturated carbocycles. The Morgan fingerprint density at radius 2 is 1.48 bits per heavy atom. The van der Waals surface area contributed by atoms with Crippen molar-refractivity contribution in [2.45, 2.75) is 0 Å². The first kappa shape index (κ1) is 23.3. The third-order valence-electron chi connectivity index (χ3n) is 4.28. The Bertz CT molecular complexity index is 875. The summed E-state index contributed by atoms with van der Waals surface area (Å²) in [5.74, 6) is 1.60. The normalized spacial score (nSPS) is 16.5. The molecule has 0 saturated heterocycles. The van der Waals surface area contributed by atoms with Crippen molar-refractivity contribution < 1.29 is 33.5 Å². The summed E-state index contributed by atoms with van der Waals surface area (Å²) in [6.07, 6.45) is 1.68. The molecule has 168 valence electrons. The summed E-state index contributed by atoms with van der Waals surface area (Å²) in [7, 11) is 1.50. The molecular formula is C22H26BrNO7. The molecule has 1 N–H and O–H groups in total. The summed E-state index contributed by atoms with van der Waals surface area (Å²) in [5.41, 5.74) is 1.46. The standard InChI is InChI=1S/C22H26BrNO7/c1-26-21-13-16(12-18(23)22(21)25)15-24-17-2-3-19-20(14-17)31-11-9-29-7-5-27-4-6-28-8-10-30-19/h2-3,12-15,25H,4-11H2,1H3. The van der Waals surface area contributed by atoms with E-state index < -0.39 is 0 Å². The van der Waals surface area contributed by atoms with Gasteiger partial charge in [0.05, 0.1) is 56.9 Å². The molecular weight excluding hydrogens is 470 g/mol. The van der Waals surface area contributed by atoms with Crippen LogP contribution in [-0.2, 0) is 14.2 Å². The Balaban J connectivity index is 1.73. The van der Waals surface area contributed by atoms with Crippen molar-refractivity contribution in [3.8, 4) is 23.0 Å². The lowest BCUT2D eigenvalue weighted by atomic mass is 10.2. The maximum absolute atomic E-state index is 9.95. The zero-order valence-electron chi connectivity index (χ0n) is 17.3. The van der Waals surface area contributed by atoms with Crippen molar-refractivity contribution in [1.82, 2.24) is 0 Å². The van der Waals surface area contributed by atoms with Crippen molar-refractivity contribution >= 4 is 27.8 Å². The number of rotatable bonds is 3. The lowest BCUT2D eigenvalue weighted by molar-refractivity contribution is 0.00708. The van der Waals surface area contributed by atoms with Gasteiger partial charge in [-0.3, -0.25) is 4.99 Å². The van der Waals surface area contributed by atoms with Crippen LogP contribution >= 0.6 is 15.9 Å². The molecule has 2 aromatic carbocycles. The van der Waals surface area contributed by atoms with Gasteiger partial charge in [-0.15, -0.1) is 0 Å². The second-order valence-corrected chi connectivity index (χ2v) is 7.33. The predicted molar refractivity (Wildman–Crippen MR) is 120 cm³/mol. The molecule has 0 radical (unpaired) electrons. The summed E-state index contributed by atoms with van der Waals surface area (Å²) in [6.45, 7) is 3.74. The number of phenolic OH excluding ortho intramolecular Hbond substituents is 1. The van der Waals surface area contributed by atoms with Crippen LogP contribution in [0.15, 0.2) is 39.8 Å². The molecule has 9 heteroatoms. The largest absolute Gasteiger partial charge is 0.503 e. The van der Waals surface area contributed by atoms with Gasteiger partial charge in [0.1, 0.15) is 13.2 Å². The van der Waals surface area contributed by atoms with Crippen molar-refractivity contribution in [3.63, 3.8) is 0 Å². The average Bonchev–Trinajstić information content (AvgIpc) is 2.78. The molecule has 0 atom stereocenters. The van der Waals surface area contributed by atoms with E-state index in [-0.39, 0.29) is 5.75 Å². The van der Waals surface area contributed by atoms with Gasteiger partial charge in [-0.05, 0) is 45.8 Å². The number of nitrogens with zero attached hydrogens (tertiary/aromatic N) is 1. The number of hydrogen-bond acceptors (Lipinski definition) is 8. The number of benzene rings is 2. The van der Waals surface area contributed by atoms with Gasteiger partial charge in [-0.2, -0.15) is 0 Å². The maximum Gasteiger partial charge on any atom is 0.172 e. The minimum Gasteiger partial charge on any atom is -0.503 e. The quantitative estimate of drug-likeness (QED) is 0.648. The van der Waals surface area contributed by atoms with E-state index in [0.717, 1.165) is 5.56 Å². The molecule has 0 spiro atoms. The lowest BCUT2D eigenvalue weighted by Gasteiger charge is -2.13. The van der Waals surface area contributed by atoms with Crippen molar-refractivity contribution in [3.05, 3.63) is 40.4 Å². The van der Waals surface area contributed by atoms with E-state index in [1.54, 1.807) is 24.4 Å². The third kappa shape index (κ3) is 7.39. The Morgan fingerprint density at radius 3 is 2.13 bits per heavy atom. The van der Waals surface area contributed by atoms with Crippen molar-refractivity contribution in [2.75, 3.05) is 60.0 Å². The first-order chi connectivity index (χ1) is 15.2. The number of hydrogen-bond donors (Lipinski definition) is 1. The summed E-state index contributed by atoms with van der Waals surface area (Å²) in [6, 6.07) is 8.92. The van der Waals surface area contributed by atoms with Gasteiger partial charge >= 0.3 is 0 Å². The van der Waals surface area contributed by atoms with Crippen LogP contribution in [-0.4, -0.2) is 71.3 Å². The van der Waals surface area contributed by atoms with Gasteiger partial charge < -0.3 is 33.5 Å². The van der Waals surface area contributed by atoms with E-state index >= 15 is 0 Å². The summed E-state index contributed by atoms with van der Waals surface area (Å²) >= 11 is 3.31. The lowest BCUT2D eigenvalue weighted by Crippen LogP contribution is -2.13. The smallest absolute Gasteiger partial charge is 0.172 e. The third-order valence-corrected chi connectivity index (χ3v) is 4.88. The second kappa shape index (κ2) is 12.5. The minimum absolute atomic E-state index is 0.0463. The van der Waals surface area contributed by atoms with Crippen LogP contribution in [0.25, 0.3) is 0 Å². The van der Waals surface area contributed by atoms with Gasteiger partial charge in [-0.25, -0.2) is 0 Å². The summed E-state index contributed by atoms with van der Waals surface area (Å²) in [5, 5.41) is 9.95. The van der Waals surface area contributed by atoms with Crippen LogP contribution in [0.4, 0.5) is 5.69 Å². The van der Waals surface area contributed by atoms with Crippen LogP contribution in [0.1, 0.15) is 5.56 Å². The Hall–Kier alpha value is -2.33. The van der Waals surface area contributed by atoms with E-state index in [2.05, 4.69) is 20.9 Å². The second-order valence-electron chi connectivity index (χ2n) is 6.48. The molecule has 0 aromatic heterocycles. The zero-order chi connectivity index (χ0) is 21.9. The van der Waals surface area contributed by atoms with Gasteiger partial charge in [0, 0.05) is 12.3 Å². The first-order valence-electron chi connectivity index (χ1n) is 9.91. The van der Waals surface area contributed by atoms with E-state index in [1.165, 1.54) is 7.11 Å². The van der Waals surface area contributed by atoms with Crippen LogP contribution in [0, 0.1) is 0 Å². The molecule has 0 unspecified atom stereocenters. The van der Waals surface area contributed by atoms with E-state index in [0.29, 0.717) is 80.3 Å². The fourth-order valence-electron chi connectivity index (χ4n) is 2.75. The highest BCUT2D eigenvalue weighted by atomic mass is 79.9. The van der Waals surface area contributed by atoms with Crippen molar-refractivity contribution in [2.24, 2.45) is 4.99 Å². The number of methoxy groups -OCH3 is 1. The molecule has 31 heavy (non-hydrogen) atoms.